The Labute approximate surface area is 97.7 Å². The number of fused-ring (bicyclic) bond motifs is 1. The largest absolute Gasteiger partial charge is 0.383 e. The Hall–Kier alpha value is -1.62. The molecule has 0 fully saturated rings. The first-order chi connectivity index (χ1) is 7.75. The molecule has 2 N–H and O–H groups in total. The number of hydrogen-bond acceptors (Lipinski definition) is 4. The molecule has 0 atom stereocenters. The molecule has 1 aromatic carbocycles. The van der Waals surface area contributed by atoms with E-state index in [0.29, 0.717) is 6.54 Å². The van der Waals surface area contributed by atoms with E-state index in [2.05, 4.69) is 21.7 Å². The second kappa shape index (κ2) is 4.94. The summed E-state index contributed by atoms with van der Waals surface area (Å²) in [6, 6.07) is 6.06. The fraction of sp³-hybridized carbons (Fsp3) is 0.273. The molecule has 0 aliphatic rings. The summed E-state index contributed by atoms with van der Waals surface area (Å²) in [5, 5.41) is 5.98. The zero-order valence-corrected chi connectivity index (χ0v) is 9.80. The van der Waals surface area contributed by atoms with E-state index in [1.807, 2.05) is 17.6 Å². The summed E-state index contributed by atoms with van der Waals surface area (Å²) in [5.74, 6) is -0.000270. The van der Waals surface area contributed by atoms with Crippen molar-refractivity contribution in [1.82, 2.24) is 10.3 Å². The van der Waals surface area contributed by atoms with Gasteiger partial charge in [0.2, 0.25) is 5.91 Å². The second-order valence-electron chi connectivity index (χ2n) is 3.44. The van der Waals surface area contributed by atoms with Crippen molar-refractivity contribution < 1.29 is 4.79 Å². The molecule has 5 heteroatoms. The number of anilines is 1. The molecule has 0 radical (unpaired) electrons. The topological polar surface area (TPSA) is 54.0 Å². The predicted octanol–water partition coefficient (Wildman–Crippen LogP) is 1.84. The third-order valence-electron chi connectivity index (χ3n) is 2.16. The standard InChI is InChI=1S/C11H13N3OS/c1-8(15)12-4-5-13-9-2-3-10-11(6-9)16-7-14-10/h2-3,6-7,13H,4-5H2,1H3,(H,12,15). The highest BCUT2D eigenvalue weighted by atomic mass is 32.1. The van der Waals surface area contributed by atoms with E-state index in [0.717, 1.165) is 17.7 Å². The van der Waals surface area contributed by atoms with Gasteiger partial charge in [-0.2, -0.15) is 0 Å². The third-order valence-corrected chi connectivity index (χ3v) is 2.95. The summed E-state index contributed by atoms with van der Waals surface area (Å²) in [5.41, 5.74) is 3.92. The minimum Gasteiger partial charge on any atom is -0.383 e. The van der Waals surface area contributed by atoms with Gasteiger partial charge in [-0.05, 0) is 18.2 Å². The number of benzene rings is 1. The van der Waals surface area contributed by atoms with Gasteiger partial charge < -0.3 is 10.6 Å². The Morgan fingerprint density at radius 1 is 1.44 bits per heavy atom. The molecule has 4 nitrogen and oxygen atoms in total. The molecule has 16 heavy (non-hydrogen) atoms. The van der Waals surface area contributed by atoms with Crippen molar-refractivity contribution in [3.63, 3.8) is 0 Å². The number of nitrogens with one attached hydrogen (secondary N) is 2. The number of rotatable bonds is 4. The number of amides is 1. The molecular formula is C11H13N3OS. The first-order valence-electron chi connectivity index (χ1n) is 5.07. The van der Waals surface area contributed by atoms with Crippen LogP contribution in [0, 0.1) is 0 Å². The number of hydrogen-bond donors (Lipinski definition) is 2. The van der Waals surface area contributed by atoms with Gasteiger partial charge in [0.1, 0.15) is 0 Å². The van der Waals surface area contributed by atoms with Gasteiger partial charge in [0.15, 0.2) is 0 Å². The van der Waals surface area contributed by atoms with Crippen LogP contribution in [-0.2, 0) is 4.79 Å². The molecule has 2 rings (SSSR count). The summed E-state index contributed by atoms with van der Waals surface area (Å²) in [6.45, 7) is 2.88. The number of nitrogens with zero attached hydrogens (tertiary/aromatic N) is 1. The molecule has 0 saturated heterocycles. The first-order valence-corrected chi connectivity index (χ1v) is 5.95. The minimum atomic E-state index is -0.000270. The average Bonchev–Trinajstić information content (AvgIpc) is 2.71. The van der Waals surface area contributed by atoms with E-state index in [1.165, 1.54) is 11.6 Å². The van der Waals surface area contributed by atoms with Crippen molar-refractivity contribution in [2.45, 2.75) is 6.92 Å². The van der Waals surface area contributed by atoms with Crippen LogP contribution in [0.4, 0.5) is 5.69 Å². The van der Waals surface area contributed by atoms with Gasteiger partial charge in [0, 0.05) is 25.7 Å². The fourth-order valence-electron chi connectivity index (χ4n) is 1.41. The lowest BCUT2D eigenvalue weighted by Gasteiger charge is -2.06. The summed E-state index contributed by atoms with van der Waals surface area (Å²) in [6.07, 6.45) is 0. The van der Waals surface area contributed by atoms with Crippen LogP contribution in [0.1, 0.15) is 6.92 Å². The predicted molar refractivity (Wildman–Crippen MR) is 66.8 cm³/mol. The molecule has 0 spiro atoms. The molecule has 0 unspecified atom stereocenters. The van der Waals surface area contributed by atoms with Crippen molar-refractivity contribution >= 4 is 33.1 Å². The van der Waals surface area contributed by atoms with E-state index >= 15 is 0 Å². The van der Waals surface area contributed by atoms with E-state index in [9.17, 15) is 4.79 Å². The Morgan fingerprint density at radius 3 is 3.12 bits per heavy atom. The van der Waals surface area contributed by atoms with Crippen molar-refractivity contribution in [2.24, 2.45) is 0 Å². The summed E-state index contributed by atoms with van der Waals surface area (Å²) in [7, 11) is 0. The maximum atomic E-state index is 10.6. The monoisotopic (exact) mass is 235 g/mol. The quantitative estimate of drug-likeness (QED) is 0.795. The number of thiazole rings is 1. The summed E-state index contributed by atoms with van der Waals surface area (Å²) >= 11 is 1.62. The van der Waals surface area contributed by atoms with Gasteiger partial charge >= 0.3 is 0 Å². The molecule has 1 aromatic heterocycles. The van der Waals surface area contributed by atoms with Crippen LogP contribution in [0.25, 0.3) is 10.2 Å². The van der Waals surface area contributed by atoms with E-state index in [4.69, 9.17) is 0 Å². The Morgan fingerprint density at radius 2 is 2.31 bits per heavy atom. The highest BCUT2D eigenvalue weighted by Gasteiger charge is 1.98. The molecular weight excluding hydrogens is 222 g/mol. The molecule has 1 amide bonds. The van der Waals surface area contributed by atoms with Crippen molar-refractivity contribution in [3.8, 4) is 0 Å². The third kappa shape index (κ3) is 2.70. The first kappa shape index (κ1) is 10.9. The van der Waals surface area contributed by atoms with Gasteiger partial charge in [0.25, 0.3) is 0 Å². The lowest BCUT2D eigenvalue weighted by molar-refractivity contribution is -0.118. The van der Waals surface area contributed by atoms with Crippen molar-refractivity contribution in [1.29, 1.82) is 0 Å². The van der Waals surface area contributed by atoms with Crippen molar-refractivity contribution in [3.05, 3.63) is 23.7 Å². The van der Waals surface area contributed by atoms with Gasteiger partial charge in [-0.3, -0.25) is 4.79 Å². The van der Waals surface area contributed by atoms with E-state index in [-0.39, 0.29) is 5.91 Å². The Bertz CT molecular complexity index is 495. The van der Waals surface area contributed by atoms with Gasteiger partial charge in [-0.25, -0.2) is 4.98 Å². The van der Waals surface area contributed by atoms with Crippen LogP contribution in [0.3, 0.4) is 0 Å². The van der Waals surface area contributed by atoms with Crippen LogP contribution < -0.4 is 10.6 Å². The highest BCUT2D eigenvalue weighted by Crippen LogP contribution is 2.21. The summed E-state index contributed by atoms with van der Waals surface area (Å²) < 4.78 is 1.17. The van der Waals surface area contributed by atoms with Crippen molar-refractivity contribution in [2.75, 3.05) is 18.4 Å². The van der Waals surface area contributed by atoms with Crippen LogP contribution in [0.15, 0.2) is 23.7 Å². The lowest BCUT2D eigenvalue weighted by atomic mass is 10.3. The van der Waals surface area contributed by atoms with E-state index < -0.39 is 0 Å². The minimum absolute atomic E-state index is 0.000270. The number of carbonyl (C=O) groups is 1. The normalized spacial score (nSPS) is 10.3. The van der Waals surface area contributed by atoms with Gasteiger partial charge in [-0.1, -0.05) is 0 Å². The van der Waals surface area contributed by atoms with Crippen LogP contribution in [0.5, 0.6) is 0 Å². The van der Waals surface area contributed by atoms with Gasteiger partial charge in [-0.15, -0.1) is 11.3 Å². The van der Waals surface area contributed by atoms with Gasteiger partial charge in [0.05, 0.1) is 15.7 Å². The fourth-order valence-corrected chi connectivity index (χ4v) is 2.13. The molecule has 0 aliphatic carbocycles. The molecule has 84 valence electrons. The van der Waals surface area contributed by atoms with E-state index in [1.54, 1.807) is 11.3 Å². The zero-order chi connectivity index (χ0) is 11.4. The lowest BCUT2D eigenvalue weighted by Crippen LogP contribution is -2.26. The average molecular weight is 235 g/mol. The number of aromatic nitrogens is 1. The highest BCUT2D eigenvalue weighted by molar-refractivity contribution is 7.16. The molecule has 0 saturated carbocycles. The molecule has 2 aromatic rings. The SMILES string of the molecule is CC(=O)NCCNc1ccc2ncsc2c1. The maximum Gasteiger partial charge on any atom is 0.216 e. The number of carbonyl (C=O) groups excluding carboxylic acids is 1. The smallest absolute Gasteiger partial charge is 0.216 e. The maximum absolute atomic E-state index is 10.6. The molecule has 1 heterocycles. The zero-order valence-electron chi connectivity index (χ0n) is 8.99. The van der Waals surface area contributed by atoms with Crippen LogP contribution >= 0.6 is 11.3 Å². The Balaban J connectivity index is 1.91. The van der Waals surface area contributed by atoms with Crippen LogP contribution in [0.2, 0.25) is 0 Å². The summed E-state index contributed by atoms with van der Waals surface area (Å²) in [4.78, 5) is 14.9. The molecule has 0 aliphatic heterocycles. The molecule has 0 bridgehead atoms. The second-order valence-corrected chi connectivity index (χ2v) is 4.33. The van der Waals surface area contributed by atoms with Crippen LogP contribution in [-0.4, -0.2) is 24.0 Å². The Kier molecular flexibility index (Phi) is 3.36.